The molecule has 1 aromatic rings. The van der Waals surface area contributed by atoms with Crippen LogP contribution in [0.3, 0.4) is 0 Å². The molecule has 0 fully saturated rings. The van der Waals surface area contributed by atoms with Crippen LogP contribution in [0.5, 0.6) is 11.5 Å². The molecule has 0 aliphatic rings. The van der Waals surface area contributed by atoms with E-state index in [1.165, 1.54) is 5.56 Å². The first-order chi connectivity index (χ1) is 10.2. The predicted molar refractivity (Wildman–Crippen MR) is 89.1 cm³/mol. The minimum atomic E-state index is 0.453. The highest BCUT2D eigenvalue weighted by molar-refractivity contribution is 5.40. The van der Waals surface area contributed by atoms with E-state index in [1.807, 2.05) is 18.2 Å². The van der Waals surface area contributed by atoms with Gasteiger partial charge in [0.25, 0.3) is 0 Å². The summed E-state index contributed by atoms with van der Waals surface area (Å²) in [5.74, 6) is 1.80. The fourth-order valence-electron chi connectivity index (χ4n) is 1.85. The Labute approximate surface area is 129 Å². The van der Waals surface area contributed by atoms with Gasteiger partial charge in [0, 0.05) is 24.2 Å². The van der Waals surface area contributed by atoms with Crippen molar-refractivity contribution < 1.29 is 9.47 Å². The molecule has 0 saturated carbocycles. The fourth-order valence-corrected chi connectivity index (χ4v) is 1.85. The highest BCUT2D eigenvalue weighted by Crippen LogP contribution is 2.25. The van der Waals surface area contributed by atoms with Gasteiger partial charge in [-0.05, 0) is 25.3 Å². The molecule has 1 rings (SSSR count). The van der Waals surface area contributed by atoms with Gasteiger partial charge >= 0.3 is 0 Å². The summed E-state index contributed by atoms with van der Waals surface area (Å²) < 4.78 is 11.6. The quantitative estimate of drug-likeness (QED) is 0.486. The minimum Gasteiger partial charge on any atom is -0.493 e. The Morgan fingerprint density at radius 2 is 2.05 bits per heavy atom. The number of ether oxygens (including phenoxy) is 2. The Bertz CT molecular complexity index is 416. The molecule has 3 heteroatoms. The Hall–Kier alpha value is -1.48. The zero-order chi connectivity index (χ0) is 15.5. The van der Waals surface area contributed by atoms with Crippen LogP contribution >= 0.6 is 0 Å². The molecule has 1 aromatic carbocycles. The first kappa shape index (κ1) is 17.6. The number of hydrogen-bond acceptors (Lipinski definition) is 3. The minimum absolute atomic E-state index is 0.453. The Balaban J connectivity index is 2.71. The van der Waals surface area contributed by atoms with E-state index in [0.29, 0.717) is 12.6 Å². The van der Waals surface area contributed by atoms with Crippen LogP contribution in [0.1, 0.15) is 45.6 Å². The van der Waals surface area contributed by atoms with Crippen LogP contribution in [0.15, 0.2) is 30.9 Å². The maximum Gasteiger partial charge on any atom is 0.127 e. The summed E-state index contributed by atoms with van der Waals surface area (Å²) in [6.45, 7) is 12.4. The van der Waals surface area contributed by atoms with Crippen LogP contribution in [0.25, 0.3) is 0 Å². The maximum absolute atomic E-state index is 5.92. The average molecular weight is 291 g/mol. The van der Waals surface area contributed by atoms with Crippen molar-refractivity contribution in [1.29, 1.82) is 0 Å². The molecule has 0 aliphatic heterocycles. The van der Waals surface area contributed by atoms with Crippen molar-refractivity contribution in [3.8, 4) is 11.5 Å². The molecule has 21 heavy (non-hydrogen) atoms. The molecule has 0 bridgehead atoms. The second-order valence-corrected chi connectivity index (χ2v) is 5.43. The molecule has 0 aromatic heterocycles. The van der Waals surface area contributed by atoms with E-state index in [0.717, 1.165) is 43.9 Å². The Morgan fingerprint density at radius 1 is 1.24 bits per heavy atom. The van der Waals surface area contributed by atoms with Crippen LogP contribution in [-0.4, -0.2) is 19.3 Å². The molecule has 0 saturated heterocycles. The first-order valence-corrected chi connectivity index (χ1v) is 7.90. The van der Waals surface area contributed by atoms with Crippen molar-refractivity contribution >= 4 is 0 Å². The van der Waals surface area contributed by atoms with E-state index >= 15 is 0 Å². The molecular formula is C18H29NO2. The summed E-state index contributed by atoms with van der Waals surface area (Å²) in [5.41, 5.74) is 1.17. The molecule has 0 atom stereocenters. The Kier molecular flexibility index (Phi) is 8.60. The highest BCUT2D eigenvalue weighted by atomic mass is 16.5. The van der Waals surface area contributed by atoms with Gasteiger partial charge < -0.3 is 14.8 Å². The van der Waals surface area contributed by atoms with Crippen molar-refractivity contribution in [1.82, 2.24) is 5.32 Å². The third kappa shape index (κ3) is 7.19. The van der Waals surface area contributed by atoms with Crippen molar-refractivity contribution in [2.45, 2.75) is 52.6 Å². The topological polar surface area (TPSA) is 30.5 Å². The molecule has 0 amide bonds. The second kappa shape index (κ2) is 10.3. The summed E-state index contributed by atoms with van der Waals surface area (Å²) >= 11 is 0. The molecular weight excluding hydrogens is 262 g/mol. The first-order valence-electron chi connectivity index (χ1n) is 7.90. The number of nitrogens with one attached hydrogen (secondary N) is 1. The molecule has 0 aliphatic carbocycles. The monoisotopic (exact) mass is 291 g/mol. The molecule has 118 valence electrons. The number of unbranched alkanes of at least 4 members (excludes halogenated alkanes) is 1. The van der Waals surface area contributed by atoms with Gasteiger partial charge in [-0.1, -0.05) is 32.9 Å². The van der Waals surface area contributed by atoms with Gasteiger partial charge in [0.2, 0.25) is 0 Å². The molecule has 3 nitrogen and oxygen atoms in total. The normalized spacial score (nSPS) is 10.7. The van der Waals surface area contributed by atoms with Crippen LogP contribution < -0.4 is 14.8 Å². The molecule has 0 heterocycles. The van der Waals surface area contributed by atoms with Gasteiger partial charge in [-0.25, -0.2) is 0 Å². The predicted octanol–water partition coefficient (Wildman–Crippen LogP) is 4.32. The van der Waals surface area contributed by atoms with Crippen molar-refractivity contribution in [3.63, 3.8) is 0 Å². The van der Waals surface area contributed by atoms with Gasteiger partial charge in [0.05, 0.1) is 13.2 Å². The lowest BCUT2D eigenvalue weighted by Gasteiger charge is -2.15. The number of benzene rings is 1. The number of rotatable bonds is 11. The SMILES string of the molecule is C=CCCCOc1cc(OCCC)ccc1CNC(C)C. The van der Waals surface area contributed by atoms with Crippen LogP contribution in [-0.2, 0) is 6.54 Å². The third-order valence-corrected chi connectivity index (χ3v) is 3.02. The van der Waals surface area contributed by atoms with Gasteiger partial charge in [-0.3, -0.25) is 0 Å². The van der Waals surface area contributed by atoms with Gasteiger partial charge in [0.1, 0.15) is 11.5 Å². The van der Waals surface area contributed by atoms with Crippen molar-refractivity contribution in [3.05, 3.63) is 36.4 Å². The zero-order valence-corrected chi connectivity index (χ0v) is 13.7. The van der Waals surface area contributed by atoms with E-state index in [-0.39, 0.29) is 0 Å². The van der Waals surface area contributed by atoms with Crippen molar-refractivity contribution in [2.24, 2.45) is 0 Å². The van der Waals surface area contributed by atoms with E-state index < -0.39 is 0 Å². The van der Waals surface area contributed by atoms with E-state index in [2.05, 4.69) is 38.7 Å². The van der Waals surface area contributed by atoms with E-state index in [9.17, 15) is 0 Å². The summed E-state index contributed by atoms with van der Waals surface area (Å²) in [5, 5.41) is 3.43. The van der Waals surface area contributed by atoms with E-state index in [4.69, 9.17) is 9.47 Å². The van der Waals surface area contributed by atoms with Gasteiger partial charge in [-0.15, -0.1) is 6.58 Å². The largest absolute Gasteiger partial charge is 0.493 e. The smallest absolute Gasteiger partial charge is 0.127 e. The zero-order valence-electron chi connectivity index (χ0n) is 13.7. The molecule has 1 N–H and O–H groups in total. The molecule has 0 spiro atoms. The average Bonchev–Trinajstić information content (AvgIpc) is 2.48. The lowest BCUT2D eigenvalue weighted by atomic mass is 10.1. The second-order valence-electron chi connectivity index (χ2n) is 5.43. The third-order valence-electron chi connectivity index (χ3n) is 3.02. The number of hydrogen-bond donors (Lipinski definition) is 1. The van der Waals surface area contributed by atoms with Crippen molar-refractivity contribution in [2.75, 3.05) is 13.2 Å². The Morgan fingerprint density at radius 3 is 2.71 bits per heavy atom. The molecule has 0 unspecified atom stereocenters. The fraction of sp³-hybridized carbons (Fsp3) is 0.556. The van der Waals surface area contributed by atoms with Gasteiger partial charge in [-0.2, -0.15) is 0 Å². The van der Waals surface area contributed by atoms with Crippen LogP contribution in [0.2, 0.25) is 0 Å². The maximum atomic E-state index is 5.92. The van der Waals surface area contributed by atoms with Gasteiger partial charge in [0.15, 0.2) is 0 Å². The summed E-state index contributed by atoms with van der Waals surface area (Å²) in [6, 6.07) is 6.56. The summed E-state index contributed by atoms with van der Waals surface area (Å²) in [6.07, 6.45) is 4.89. The van der Waals surface area contributed by atoms with Crippen LogP contribution in [0, 0.1) is 0 Å². The lowest BCUT2D eigenvalue weighted by Crippen LogP contribution is -2.22. The molecule has 0 radical (unpaired) electrons. The lowest BCUT2D eigenvalue weighted by molar-refractivity contribution is 0.296. The number of allylic oxidation sites excluding steroid dienone is 1. The highest BCUT2D eigenvalue weighted by Gasteiger charge is 2.07. The summed E-state index contributed by atoms with van der Waals surface area (Å²) in [7, 11) is 0. The van der Waals surface area contributed by atoms with E-state index in [1.54, 1.807) is 0 Å². The van der Waals surface area contributed by atoms with Crippen LogP contribution in [0.4, 0.5) is 0 Å². The summed E-state index contributed by atoms with van der Waals surface area (Å²) in [4.78, 5) is 0. The standard InChI is InChI=1S/C18H29NO2/c1-5-7-8-12-21-18-13-17(20-11-6-2)10-9-16(18)14-19-15(3)4/h5,9-10,13,15,19H,1,6-8,11-12,14H2,2-4H3.